The average molecular weight is 242 g/mol. The van der Waals surface area contributed by atoms with Crippen molar-refractivity contribution in [1.29, 1.82) is 0 Å². The standard InChI is InChI=1S/C15H18N2O/c1-12-4-3-10-16-15(12)17-11-9-13-5-7-14(18-2)8-6-13/h3-8,10H,9,11H2,1-2H3,(H,16,17). The van der Waals surface area contributed by atoms with Crippen molar-refractivity contribution in [2.75, 3.05) is 19.0 Å². The fourth-order valence-corrected chi connectivity index (χ4v) is 1.79. The summed E-state index contributed by atoms with van der Waals surface area (Å²) in [4.78, 5) is 4.31. The van der Waals surface area contributed by atoms with E-state index in [1.54, 1.807) is 7.11 Å². The van der Waals surface area contributed by atoms with Crippen molar-refractivity contribution >= 4 is 5.82 Å². The van der Waals surface area contributed by atoms with Crippen molar-refractivity contribution in [3.8, 4) is 5.75 Å². The highest BCUT2D eigenvalue weighted by Gasteiger charge is 1.98. The van der Waals surface area contributed by atoms with Gasteiger partial charge in [-0.05, 0) is 42.7 Å². The van der Waals surface area contributed by atoms with Gasteiger partial charge in [-0.2, -0.15) is 0 Å². The molecule has 2 rings (SSSR count). The van der Waals surface area contributed by atoms with E-state index < -0.39 is 0 Å². The number of nitrogens with zero attached hydrogens (tertiary/aromatic N) is 1. The molecule has 0 saturated carbocycles. The van der Waals surface area contributed by atoms with Gasteiger partial charge in [0.15, 0.2) is 0 Å². The molecule has 0 aliphatic carbocycles. The van der Waals surface area contributed by atoms with Crippen molar-refractivity contribution in [1.82, 2.24) is 4.98 Å². The highest BCUT2D eigenvalue weighted by Crippen LogP contribution is 2.12. The molecule has 1 aromatic carbocycles. The van der Waals surface area contributed by atoms with Gasteiger partial charge in [-0.25, -0.2) is 4.98 Å². The molecular weight excluding hydrogens is 224 g/mol. The molecule has 0 aliphatic heterocycles. The molecule has 1 aromatic heterocycles. The van der Waals surface area contributed by atoms with Crippen molar-refractivity contribution < 1.29 is 4.74 Å². The van der Waals surface area contributed by atoms with Crippen LogP contribution < -0.4 is 10.1 Å². The Morgan fingerprint density at radius 2 is 1.94 bits per heavy atom. The normalized spacial score (nSPS) is 10.1. The minimum absolute atomic E-state index is 0.879. The Morgan fingerprint density at radius 3 is 2.61 bits per heavy atom. The minimum Gasteiger partial charge on any atom is -0.497 e. The van der Waals surface area contributed by atoms with Crippen LogP contribution in [0.5, 0.6) is 5.75 Å². The number of hydrogen-bond donors (Lipinski definition) is 1. The van der Waals surface area contributed by atoms with Crippen LogP contribution in [0, 0.1) is 6.92 Å². The van der Waals surface area contributed by atoms with E-state index in [0.29, 0.717) is 0 Å². The lowest BCUT2D eigenvalue weighted by Gasteiger charge is -2.08. The third-order valence-electron chi connectivity index (χ3n) is 2.87. The highest BCUT2D eigenvalue weighted by molar-refractivity contribution is 5.42. The molecule has 0 saturated heterocycles. The smallest absolute Gasteiger partial charge is 0.128 e. The van der Waals surface area contributed by atoms with E-state index in [0.717, 1.165) is 24.5 Å². The quantitative estimate of drug-likeness (QED) is 0.875. The fourth-order valence-electron chi connectivity index (χ4n) is 1.79. The van der Waals surface area contributed by atoms with Crippen LogP contribution in [-0.2, 0) is 6.42 Å². The predicted octanol–water partition coefficient (Wildman–Crippen LogP) is 3.05. The molecule has 0 bridgehead atoms. The first-order valence-electron chi connectivity index (χ1n) is 6.08. The van der Waals surface area contributed by atoms with Gasteiger partial charge in [0.2, 0.25) is 0 Å². The zero-order valence-corrected chi connectivity index (χ0v) is 10.8. The number of aryl methyl sites for hydroxylation is 1. The van der Waals surface area contributed by atoms with E-state index in [1.165, 1.54) is 11.1 Å². The summed E-state index contributed by atoms with van der Waals surface area (Å²) in [7, 11) is 1.68. The summed E-state index contributed by atoms with van der Waals surface area (Å²) in [5, 5.41) is 3.35. The van der Waals surface area contributed by atoms with Gasteiger partial charge in [-0.1, -0.05) is 18.2 Å². The second kappa shape index (κ2) is 6.05. The van der Waals surface area contributed by atoms with Crippen molar-refractivity contribution in [2.45, 2.75) is 13.3 Å². The van der Waals surface area contributed by atoms with Crippen LogP contribution in [0.3, 0.4) is 0 Å². The molecule has 2 aromatic rings. The lowest BCUT2D eigenvalue weighted by molar-refractivity contribution is 0.414. The molecule has 3 nitrogen and oxygen atoms in total. The lowest BCUT2D eigenvalue weighted by atomic mass is 10.1. The van der Waals surface area contributed by atoms with E-state index >= 15 is 0 Å². The first-order chi connectivity index (χ1) is 8.79. The van der Waals surface area contributed by atoms with E-state index in [2.05, 4.69) is 35.4 Å². The molecule has 1 heterocycles. The van der Waals surface area contributed by atoms with E-state index in [4.69, 9.17) is 4.74 Å². The number of aromatic nitrogens is 1. The summed E-state index contributed by atoms with van der Waals surface area (Å²) in [5.41, 5.74) is 2.46. The highest BCUT2D eigenvalue weighted by atomic mass is 16.5. The zero-order chi connectivity index (χ0) is 12.8. The van der Waals surface area contributed by atoms with Crippen LogP contribution in [0.4, 0.5) is 5.82 Å². The summed E-state index contributed by atoms with van der Waals surface area (Å²) >= 11 is 0. The maximum absolute atomic E-state index is 5.13. The fraction of sp³-hybridized carbons (Fsp3) is 0.267. The zero-order valence-electron chi connectivity index (χ0n) is 10.8. The number of methoxy groups -OCH3 is 1. The molecule has 0 atom stereocenters. The third kappa shape index (κ3) is 3.23. The van der Waals surface area contributed by atoms with E-state index in [9.17, 15) is 0 Å². The van der Waals surface area contributed by atoms with Gasteiger partial charge in [-0.3, -0.25) is 0 Å². The van der Waals surface area contributed by atoms with Gasteiger partial charge in [0.05, 0.1) is 7.11 Å². The van der Waals surface area contributed by atoms with Crippen molar-refractivity contribution in [3.05, 3.63) is 53.7 Å². The van der Waals surface area contributed by atoms with Gasteiger partial charge in [0.1, 0.15) is 11.6 Å². The largest absolute Gasteiger partial charge is 0.497 e. The molecule has 94 valence electrons. The van der Waals surface area contributed by atoms with Crippen molar-refractivity contribution in [3.63, 3.8) is 0 Å². The molecule has 0 fully saturated rings. The van der Waals surface area contributed by atoms with Crippen LogP contribution in [0.25, 0.3) is 0 Å². The summed E-state index contributed by atoms with van der Waals surface area (Å²) in [6.07, 6.45) is 2.78. The van der Waals surface area contributed by atoms with Crippen LogP contribution in [0.15, 0.2) is 42.6 Å². The van der Waals surface area contributed by atoms with Gasteiger partial charge in [0, 0.05) is 12.7 Å². The minimum atomic E-state index is 0.879. The summed E-state index contributed by atoms with van der Waals surface area (Å²) < 4.78 is 5.13. The topological polar surface area (TPSA) is 34.1 Å². The number of anilines is 1. The van der Waals surface area contributed by atoms with Gasteiger partial charge >= 0.3 is 0 Å². The van der Waals surface area contributed by atoms with E-state index in [-0.39, 0.29) is 0 Å². The van der Waals surface area contributed by atoms with Gasteiger partial charge in [0.25, 0.3) is 0 Å². The second-order valence-corrected chi connectivity index (χ2v) is 4.19. The maximum Gasteiger partial charge on any atom is 0.128 e. The van der Waals surface area contributed by atoms with Crippen LogP contribution in [0.2, 0.25) is 0 Å². The number of rotatable bonds is 5. The van der Waals surface area contributed by atoms with Gasteiger partial charge in [-0.15, -0.1) is 0 Å². The molecule has 0 spiro atoms. The summed E-state index contributed by atoms with van der Waals surface area (Å²) in [6.45, 7) is 2.94. The molecule has 1 N–H and O–H groups in total. The third-order valence-corrected chi connectivity index (χ3v) is 2.87. The Morgan fingerprint density at radius 1 is 1.17 bits per heavy atom. The Balaban J connectivity index is 1.86. The molecule has 0 aliphatic rings. The van der Waals surface area contributed by atoms with Crippen molar-refractivity contribution in [2.24, 2.45) is 0 Å². The predicted molar refractivity (Wildman–Crippen MR) is 74.2 cm³/mol. The Bertz CT molecular complexity index is 494. The van der Waals surface area contributed by atoms with E-state index in [1.807, 2.05) is 24.4 Å². The SMILES string of the molecule is COc1ccc(CCNc2ncccc2C)cc1. The Hall–Kier alpha value is -2.03. The number of benzene rings is 1. The number of hydrogen-bond acceptors (Lipinski definition) is 3. The molecule has 0 radical (unpaired) electrons. The van der Waals surface area contributed by atoms with Crippen LogP contribution in [0.1, 0.15) is 11.1 Å². The average Bonchev–Trinajstić information content (AvgIpc) is 2.42. The molecular formula is C15H18N2O. The summed E-state index contributed by atoms with van der Waals surface area (Å²) in [6, 6.07) is 12.2. The number of ether oxygens (including phenoxy) is 1. The molecule has 0 amide bonds. The molecule has 18 heavy (non-hydrogen) atoms. The number of pyridine rings is 1. The van der Waals surface area contributed by atoms with Crippen LogP contribution in [-0.4, -0.2) is 18.6 Å². The molecule has 3 heteroatoms. The Kier molecular flexibility index (Phi) is 4.18. The lowest BCUT2D eigenvalue weighted by Crippen LogP contribution is -2.07. The first kappa shape index (κ1) is 12.4. The maximum atomic E-state index is 5.13. The first-order valence-corrected chi connectivity index (χ1v) is 6.08. The Labute approximate surface area is 108 Å². The monoisotopic (exact) mass is 242 g/mol. The van der Waals surface area contributed by atoms with Crippen LogP contribution >= 0.6 is 0 Å². The van der Waals surface area contributed by atoms with Gasteiger partial charge < -0.3 is 10.1 Å². The second-order valence-electron chi connectivity index (χ2n) is 4.19. The number of nitrogens with one attached hydrogen (secondary N) is 1. The summed E-state index contributed by atoms with van der Waals surface area (Å²) in [5.74, 6) is 1.86. The molecule has 0 unspecified atom stereocenters.